The molecule has 1 amide bonds. The first-order valence-corrected chi connectivity index (χ1v) is 8.01. The molecule has 0 spiro atoms. The molecule has 23 heavy (non-hydrogen) atoms. The number of likely N-dealkylation sites (N-methyl/N-ethyl adjacent to an activating group) is 1. The molecule has 0 aliphatic carbocycles. The van der Waals surface area contributed by atoms with E-state index in [1.165, 1.54) is 5.56 Å². The number of amides is 1. The van der Waals surface area contributed by atoms with Crippen LogP contribution in [0.3, 0.4) is 0 Å². The van der Waals surface area contributed by atoms with Crippen molar-refractivity contribution in [3.8, 4) is 11.1 Å². The van der Waals surface area contributed by atoms with Crippen LogP contribution in [-0.2, 0) is 17.8 Å². The van der Waals surface area contributed by atoms with Gasteiger partial charge in [0, 0.05) is 18.0 Å². The molecule has 0 fully saturated rings. The number of nitrogens with one attached hydrogen (secondary N) is 1. The van der Waals surface area contributed by atoms with Crippen molar-refractivity contribution in [3.05, 3.63) is 47.0 Å². The van der Waals surface area contributed by atoms with Gasteiger partial charge >= 0.3 is 0 Å². The molecule has 0 atom stereocenters. The second kappa shape index (κ2) is 5.22. The first-order valence-electron chi connectivity index (χ1n) is 7.57. The van der Waals surface area contributed by atoms with E-state index < -0.39 is 11.7 Å². The van der Waals surface area contributed by atoms with Crippen LogP contribution in [0.25, 0.3) is 11.1 Å². The molecule has 2 aliphatic rings. The number of carbonyl (C=O) groups excluding carboxylic acids is 2. The zero-order valence-corrected chi connectivity index (χ0v) is 13.6. The van der Waals surface area contributed by atoms with Crippen LogP contribution in [0, 0.1) is 0 Å². The highest BCUT2D eigenvalue weighted by molar-refractivity contribution is 7.80. The summed E-state index contributed by atoms with van der Waals surface area (Å²) in [5, 5.41) is 2.76. The van der Waals surface area contributed by atoms with Gasteiger partial charge in [-0.05, 0) is 53.9 Å². The Kier molecular flexibility index (Phi) is 3.28. The van der Waals surface area contributed by atoms with Gasteiger partial charge < -0.3 is 10.2 Å². The Morgan fingerprint density at radius 3 is 2.57 bits per heavy atom. The molecule has 5 heteroatoms. The number of Topliss-reactive ketones (excluding diaryl/α,β-unsaturated/α-hetero) is 1. The molecule has 4 nitrogen and oxygen atoms in total. The number of ketones is 1. The molecule has 2 heterocycles. The lowest BCUT2D eigenvalue weighted by Gasteiger charge is -2.28. The fourth-order valence-corrected chi connectivity index (χ4v) is 3.55. The normalized spacial score (nSPS) is 17.0. The Bertz CT molecular complexity index is 843. The Hall–Kier alpha value is -2.11. The third-order valence-corrected chi connectivity index (χ3v) is 4.89. The highest BCUT2D eigenvalue weighted by Crippen LogP contribution is 2.39. The Morgan fingerprint density at radius 2 is 1.83 bits per heavy atom. The zero-order chi connectivity index (χ0) is 16.1. The van der Waals surface area contributed by atoms with E-state index in [9.17, 15) is 9.59 Å². The summed E-state index contributed by atoms with van der Waals surface area (Å²) in [7, 11) is 2.05. The van der Waals surface area contributed by atoms with Gasteiger partial charge in [0.05, 0.1) is 11.3 Å². The number of thiol groups is 1. The zero-order valence-electron chi connectivity index (χ0n) is 12.7. The summed E-state index contributed by atoms with van der Waals surface area (Å²) in [5.41, 5.74) is 5.60. The van der Waals surface area contributed by atoms with Crippen LogP contribution >= 0.6 is 12.6 Å². The van der Waals surface area contributed by atoms with Crippen molar-refractivity contribution in [2.24, 2.45) is 0 Å². The fraction of sp³-hybridized carbons (Fsp3) is 0.222. The summed E-state index contributed by atoms with van der Waals surface area (Å²) >= 11 is 4.33. The lowest BCUT2D eigenvalue weighted by molar-refractivity contribution is -0.112. The van der Waals surface area contributed by atoms with Gasteiger partial charge in [-0.2, -0.15) is 0 Å². The minimum absolute atomic E-state index is 0.442. The van der Waals surface area contributed by atoms with Crippen LogP contribution in [0.1, 0.15) is 21.5 Å². The molecule has 0 saturated heterocycles. The molecule has 0 radical (unpaired) electrons. The molecule has 0 bridgehead atoms. The maximum absolute atomic E-state index is 12.2. The van der Waals surface area contributed by atoms with E-state index in [1.54, 1.807) is 0 Å². The van der Waals surface area contributed by atoms with Crippen LogP contribution in [-0.4, -0.2) is 30.2 Å². The highest BCUT2D eigenvalue weighted by Gasteiger charge is 2.34. The van der Waals surface area contributed by atoms with Gasteiger partial charge in [0.15, 0.2) is 0 Å². The second-order valence-corrected chi connectivity index (χ2v) is 6.64. The molecular weight excluding hydrogens is 308 g/mol. The van der Waals surface area contributed by atoms with Crippen LogP contribution < -0.4 is 5.32 Å². The average molecular weight is 324 g/mol. The standard InChI is InChI=1S/C18H16N2O2S/c1-20-7-6-12-13(10-2-4-11(23)5-3-10)8-14-16(15(12)9-20)19-18(22)17(14)21/h2-5,8,23H,6-7,9H2,1H3,(H,19,21,22). The van der Waals surface area contributed by atoms with E-state index in [4.69, 9.17) is 0 Å². The van der Waals surface area contributed by atoms with Gasteiger partial charge in [-0.1, -0.05) is 12.1 Å². The van der Waals surface area contributed by atoms with Crippen molar-refractivity contribution in [2.75, 3.05) is 18.9 Å². The van der Waals surface area contributed by atoms with Gasteiger partial charge in [0.2, 0.25) is 0 Å². The predicted octanol–water partition coefficient (Wildman–Crippen LogP) is 2.77. The Morgan fingerprint density at radius 1 is 1.09 bits per heavy atom. The largest absolute Gasteiger partial charge is 0.318 e. The molecule has 2 aromatic carbocycles. The van der Waals surface area contributed by atoms with Crippen molar-refractivity contribution < 1.29 is 9.59 Å². The van der Waals surface area contributed by atoms with E-state index in [0.717, 1.165) is 41.1 Å². The average Bonchev–Trinajstić information content (AvgIpc) is 2.83. The molecule has 0 saturated carbocycles. The van der Waals surface area contributed by atoms with E-state index in [-0.39, 0.29) is 0 Å². The topological polar surface area (TPSA) is 49.4 Å². The number of hydrogen-bond donors (Lipinski definition) is 2. The Labute approximate surface area is 139 Å². The minimum Gasteiger partial charge on any atom is -0.318 e. The number of benzene rings is 2. The van der Waals surface area contributed by atoms with Crippen molar-refractivity contribution in [2.45, 2.75) is 17.9 Å². The molecule has 2 aliphatic heterocycles. The van der Waals surface area contributed by atoms with Crippen molar-refractivity contribution in [3.63, 3.8) is 0 Å². The maximum Gasteiger partial charge on any atom is 0.296 e. The molecule has 1 N–H and O–H groups in total. The van der Waals surface area contributed by atoms with Crippen molar-refractivity contribution in [1.82, 2.24) is 4.90 Å². The number of hydrogen-bond acceptors (Lipinski definition) is 4. The predicted molar refractivity (Wildman–Crippen MR) is 92.1 cm³/mol. The molecule has 0 unspecified atom stereocenters. The molecule has 2 aromatic rings. The van der Waals surface area contributed by atoms with Crippen LogP contribution in [0.5, 0.6) is 0 Å². The van der Waals surface area contributed by atoms with E-state index in [2.05, 4.69) is 29.9 Å². The van der Waals surface area contributed by atoms with Crippen LogP contribution in [0.15, 0.2) is 35.2 Å². The fourth-order valence-electron chi connectivity index (χ4n) is 3.40. The smallest absolute Gasteiger partial charge is 0.296 e. The van der Waals surface area contributed by atoms with Crippen LogP contribution in [0.2, 0.25) is 0 Å². The quantitative estimate of drug-likeness (QED) is 0.626. The lowest BCUT2D eigenvalue weighted by atomic mass is 9.87. The monoisotopic (exact) mass is 324 g/mol. The van der Waals surface area contributed by atoms with E-state index in [1.807, 2.05) is 30.3 Å². The number of fused-ring (bicyclic) bond motifs is 3. The minimum atomic E-state index is -0.529. The number of nitrogens with zero attached hydrogens (tertiary/aromatic N) is 1. The molecule has 116 valence electrons. The summed E-state index contributed by atoms with van der Waals surface area (Å²) in [6, 6.07) is 9.78. The summed E-state index contributed by atoms with van der Waals surface area (Å²) in [6.07, 6.45) is 0.904. The third kappa shape index (κ3) is 2.28. The second-order valence-electron chi connectivity index (χ2n) is 6.12. The molecular formula is C18H16N2O2S. The van der Waals surface area contributed by atoms with E-state index >= 15 is 0 Å². The van der Waals surface area contributed by atoms with Gasteiger partial charge in [0.1, 0.15) is 0 Å². The lowest BCUT2D eigenvalue weighted by Crippen LogP contribution is -2.27. The SMILES string of the molecule is CN1CCc2c(-c3ccc(S)cc3)cc3c(c2C1)NC(=O)C3=O. The Balaban J connectivity index is 1.97. The molecule has 4 rings (SSSR count). The summed E-state index contributed by atoms with van der Waals surface area (Å²) in [6.45, 7) is 1.70. The molecule has 0 aromatic heterocycles. The summed E-state index contributed by atoms with van der Waals surface area (Å²) < 4.78 is 0. The summed E-state index contributed by atoms with van der Waals surface area (Å²) in [5.74, 6) is -0.971. The van der Waals surface area contributed by atoms with Crippen molar-refractivity contribution >= 4 is 30.0 Å². The van der Waals surface area contributed by atoms with Crippen molar-refractivity contribution in [1.29, 1.82) is 0 Å². The van der Waals surface area contributed by atoms with Gasteiger partial charge in [-0.15, -0.1) is 12.6 Å². The first-order chi connectivity index (χ1) is 11.0. The van der Waals surface area contributed by atoms with Gasteiger partial charge in [-0.3, -0.25) is 9.59 Å². The van der Waals surface area contributed by atoms with Gasteiger partial charge in [0.25, 0.3) is 11.7 Å². The van der Waals surface area contributed by atoms with E-state index in [0.29, 0.717) is 11.3 Å². The highest BCUT2D eigenvalue weighted by atomic mass is 32.1. The van der Waals surface area contributed by atoms with Gasteiger partial charge in [-0.25, -0.2) is 0 Å². The maximum atomic E-state index is 12.2. The number of rotatable bonds is 1. The van der Waals surface area contributed by atoms with Crippen LogP contribution in [0.4, 0.5) is 5.69 Å². The first kappa shape index (κ1) is 14.5. The number of anilines is 1. The number of carbonyl (C=O) groups is 2. The summed E-state index contributed by atoms with van der Waals surface area (Å²) in [4.78, 5) is 27.1. The third-order valence-electron chi connectivity index (χ3n) is 4.59.